The van der Waals surface area contributed by atoms with Crippen LogP contribution in [0.1, 0.15) is 42.5 Å². The zero-order valence-electron chi connectivity index (χ0n) is 15.3. The highest BCUT2D eigenvalue weighted by atomic mass is 79.9. The molecule has 1 fully saturated rings. The van der Waals surface area contributed by atoms with Crippen LogP contribution in [-0.2, 0) is 13.0 Å². The van der Waals surface area contributed by atoms with Crippen LogP contribution in [0.25, 0.3) is 0 Å². The van der Waals surface area contributed by atoms with E-state index in [1.807, 2.05) is 18.3 Å². The molecule has 144 valence electrons. The van der Waals surface area contributed by atoms with E-state index < -0.39 is 5.92 Å². The van der Waals surface area contributed by atoms with Crippen molar-refractivity contribution in [1.29, 1.82) is 0 Å². The highest BCUT2D eigenvalue weighted by Gasteiger charge is 2.45. The fourth-order valence-electron chi connectivity index (χ4n) is 3.92. The molecule has 1 saturated carbocycles. The highest BCUT2D eigenvalue weighted by molar-refractivity contribution is 9.10. The second kappa shape index (κ2) is 7.47. The average Bonchev–Trinajstić information content (AvgIpc) is 2.64. The molecule has 1 aromatic carbocycles. The third-order valence-corrected chi connectivity index (χ3v) is 6.13. The van der Waals surface area contributed by atoms with E-state index in [-0.39, 0.29) is 24.8 Å². The summed E-state index contributed by atoms with van der Waals surface area (Å²) < 4.78 is 32.4. The van der Waals surface area contributed by atoms with Crippen LogP contribution in [0.2, 0.25) is 0 Å². The molecular weight excluding hydrogens is 414 g/mol. The van der Waals surface area contributed by atoms with Crippen LogP contribution in [0.5, 0.6) is 5.88 Å². The predicted octanol–water partition coefficient (Wildman–Crippen LogP) is 5.39. The molecule has 2 aliphatic rings. The third kappa shape index (κ3) is 4.32. The number of alkyl halides is 2. The molecule has 0 radical (unpaired) electrons. The minimum absolute atomic E-state index is 0.0619. The van der Waals surface area contributed by atoms with Crippen molar-refractivity contribution < 1.29 is 13.5 Å². The molecule has 0 bridgehead atoms. The first-order chi connectivity index (χ1) is 12.9. The Balaban J connectivity index is 1.34. The number of pyridine rings is 1. The van der Waals surface area contributed by atoms with Gasteiger partial charge < -0.3 is 4.74 Å². The number of hydrogen-bond acceptors (Lipinski definition) is 3. The van der Waals surface area contributed by atoms with E-state index in [4.69, 9.17) is 4.74 Å². The summed E-state index contributed by atoms with van der Waals surface area (Å²) in [6.07, 6.45) is 2.74. The Bertz CT molecular complexity index is 804. The fourth-order valence-corrected chi connectivity index (χ4v) is 4.33. The third-order valence-electron chi connectivity index (χ3n) is 5.64. The summed E-state index contributed by atoms with van der Waals surface area (Å²) in [5, 5.41) is 0. The summed E-state index contributed by atoms with van der Waals surface area (Å²) in [5.74, 6) is -2.05. The zero-order chi connectivity index (χ0) is 19.0. The first-order valence-corrected chi connectivity index (χ1v) is 10.2. The Labute approximate surface area is 166 Å². The van der Waals surface area contributed by atoms with Crippen molar-refractivity contribution in [2.45, 2.75) is 44.7 Å². The lowest BCUT2D eigenvalue weighted by atomic mass is 9.82. The minimum Gasteiger partial charge on any atom is -0.477 e. The molecule has 0 amide bonds. The number of ether oxygens (including phenoxy) is 1. The van der Waals surface area contributed by atoms with Crippen molar-refractivity contribution in [3.05, 3.63) is 57.7 Å². The van der Waals surface area contributed by atoms with Gasteiger partial charge in [-0.2, -0.15) is 0 Å². The second-order valence-corrected chi connectivity index (χ2v) is 8.60. The van der Waals surface area contributed by atoms with Crippen molar-refractivity contribution in [1.82, 2.24) is 9.88 Å². The van der Waals surface area contributed by atoms with Gasteiger partial charge in [0.05, 0.1) is 6.61 Å². The molecule has 0 saturated heterocycles. The molecule has 1 aliphatic carbocycles. The van der Waals surface area contributed by atoms with Gasteiger partial charge in [0.15, 0.2) is 0 Å². The van der Waals surface area contributed by atoms with Crippen LogP contribution in [0.15, 0.2) is 41.0 Å². The van der Waals surface area contributed by atoms with Gasteiger partial charge in [-0.05, 0) is 42.2 Å². The smallest absolute Gasteiger partial charge is 0.248 e. The maximum atomic E-state index is 12.9. The molecule has 27 heavy (non-hydrogen) atoms. The molecule has 1 atom stereocenters. The van der Waals surface area contributed by atoms with Gasteiger partial charge in [-0.15, -0.1) is 0 Å². The van der Waals surface area contributed by atoms with Gasteiger partial charge in [0, 0.05) is 54.6 Å². The SMILES string of the molecule is C[C@H](c1ccc(OCC2CC(F)(F)C2)nc1)N1CCc2ccc(Br)cc2C1. The van der Waals surface area contributed by atoms with Crippen molar-refractivity contribution in [2.75, 3.05) is 13.2 Å². The average molecular weight is 437 g/mol. The van der Waals surface area contributed by atoms with E-state index in [0.29, 0.717) is 12.5 Å². The van der Waals surface area contributed by atoms with Crippen molar-refractivity contribution in [2.24, 2.45) is 5.92 Å². The number of aromatic nitrogens is 1. The minimum atomic E-state index is -2.50. The van der Waals surface area contributed by atoms with Crippen LogP contribution in [-0.4, -0.2) is 29.0 Å². The van der Waals surface area contributed by atoms with Gasteiger partial charge in [0.2, 0.25) is 11.8 Å². The Hall–Kier alpha value is -1.53. The lowest BCUT2D eigenvalue weighted by molar-refractivity contribution is -0.119. The molecule has 0 unspecified atom stereocenters. The second-order valence-electron chi connectivity index (χ2n) is 7.68. The van der Waals surface area contributed by atoms with E-state index in [1.54, 1.807) is 0 Å². The predicted molar refractivity (Wildman–Crippen MR) is 104 cm³/mol. The Morgan fingerprint density at radius 1 is 1.26 bits per heavy atom. The van der Waals surface area contributed by atoms with Gasteiger partial charge in [-0.1, -0.05) is 28.1 Å². The molecule has 2 heterocycles. The van der Waals surface area contributed by atoms with Gasteiger partial charge >= 0.3 is 0 Å². The van der Waals surface area contributed by atoms with Crippen LogP contribution < -0.4 is 4.74 Å². The van der Waals surface area contributed by atoms with Crippen molar-refractivity contribution in [3.8, 4) is 5.88 Å². The summed E-state index contributed by atoms with van der Waals surface area (Å²) in [6, 6.07) is 10.6. The standard InChI is InChI=1S/C21H23BrF2N2O/c1-14(26-7-6-16-2-4-19(22)8-18(16)12-26)17-3-5-20(25-11-17)27-13-15-9-21(23,24)10-15/h2-5,8,11,14-15H,6-7,9-10,12-13H2,1H3/t14-/m1/s1. The summed E-state index contributed by atoms with van der Waals surface area (Å²) in [4.78, 5) is 6.82. The molecule has 1 aromatic heterocycles. The normalized spacial score (nSPS) is 20.6. The molecule has 6 heteroatoms. The van der Waals surface area contributed by atoms with Crippen LogP contribution in [0.3, 0.4) is 0 Å². The number of fused-ring (bicyclic) bond motifs is 1. The number of hydrogen-bond donors (Lipinski definition) is 0. The lowest BCUT2D eigenvalue weighted by Crippen LogP contribution is -2.38. The molecule has 1 aliphatic heterocycles. The van der Waals surface area contributed by atoms with Crippen LogP contribution in [0.4, 0.5) is 8.78 Å². The Morgan fingerprint density at radius 2 is 2.07 bits per heavy atom. The topological polar surface area (TPSA) is 25.4 Å². The fraction of sp³-hybridized carbons (Fsp3) is 0.476. The van der Waals surface area contributed by atoms with Gasteiger partial charge in [-0.3, -0.25) is 4.90 Å². The van der Waals surface area contributed by atoms with Gasteiger partial charge in [-0.25, -0.2) is 13.8 Å². The largest absolute Gasteiger partial charge is 0.477 e. The van der Waals surface area contributed by atoms with E-state index in [2.05, 4.69) is 50.9 Å². The number of halogens is 3. The molecule has 2 aromatic rings. The monoisotopic (exact) mass is 436 g/mol. The van der Waals surface area contributed by atoms with Gasteiger partial charge in [0.1, 0.15) is 0 Å². The zero-order valence-corrected chi connectivity index (χ0v) is 16.9. The number of benzene rings is 1. The summed E-state index contributed by atoms with van der Waals surface area (Å²) in [7, 11) is 0. The molecule has 0 N–H and O–H groups in total. The van der Waals surface area contributed by atoms with Crippen LogP contribution in [0, 0.1) is 5.92 Å². The Morgan fingerprint density at radius 3 is 2.78 bits per heavy atom. The number of rotatable bonds is 5. The molecule has 0 spiro atoms. The van der Waals surface area contributed by atoms with E-state index in [1.165, 1.54) is 11.1 Å². The summed E-state index contributed by atoms with van der Waals surface area (Å²) in [5.41, 5.74) is 3.92. The molecule has 4 rings (SSSR count). The van der Waals surface area contributed by atoms with E-state index in [0.717, 1.165) is 29.5 Å². The first kappa shape index (κ1) is 18.8. The first-order valence-electron chi connectivity index (χ1n) is 9.37. The summed E-state index contributed by atoms with van der Waals surface area (Å²) >= 11 is 3.56. The Kier molecular flexibility index (Phi) is 5.21. The van der Waals surface area contributed by atoms with Gasteiger partial charge in [0.25, 0.3) is 0 Å². The summed E-state index contributed by atoms with van der Waals surface area (Å²) in [6.45, 7) is 4.44. The van der Waals surface area contributed by atoms with Crippen molar-refractivity contribution >= 4 is 15.9 Å². The maximum Gasteiger partial charge on any atom is 0.248 e. The maximum absolute atomic E-state index is 12.9. The molecular formula is C21H23BrF2N2O. The highest BCUT2D eigenvalue weighted by Crippen LogP contribution is 2.42. The van der Waals surface area contributed by atoms with E-state index in [9.17, 15) is 8.78 Å². The number of nitrogens with zero attached hydrogens (tertiary/aromatic N) is 2. The van der Waals surface area contributed by atoms with E-state index >= 15 is 0 Å². The molecule has 3 nitrogen and oxygen atoms in total. The lowest BCUT2D eigenvalue weighted by Gasteiger charge is -2.34. The van der Waals surface area contributed by atoms with Crippen molar-refractivity contribution in [3.63, 3.8) is 0 Å². The quantitative estimate of drug-likeness (QED) is 0.628. The van der Waals surface area contributed by atoms with Crippen LogP contribution >= 0.6 is 15.9 Å².